The number of alkyl halides is 1. The summed E-state index contributed by atoms with van der Waals surface area (Å²) < 4.78 is 22.3. The molecule has 0 saturated heterocycles. The highest BCUT2D eigenvalue weighted by Gasteiger charge is 2.38. The molecule has 0 heterocycles. The Hall–Kier alpha value is -0.250. The average molecular weight is 295 g/mol. The van der Waals surface area contributed by atoms with E-state index in [-0.39, 0.29) is 0 Å². The summed E-state index contributed by atoms with van der Waals surface area (Å²) in [5.74, 6) is 0. The van der Waals surface area contributed by atoms with Crippen molar-refractivity contribution < 1.29 is 8.42 Å². The van der Waals surface area contributed by atoms with Crippen LogP contribution >= 0.6 is 23.2 Å². The molecule has 0 aliphatic rings. The maximum Gasteiger partial charge on any atom is 0.154 e. The molecule has 0 fully saturated rings. The molecule has 17 heavy (non-hydrogen) atoms. The molecule has 0 aliphatic carbocycles. The fourth-order valence-corrected chi connectivity index (χ4v) is 2.75. The Morgan fingerprint density at radius 2 is 1.82 bits per heavy atom. The van der Waals surface area contributed by atoms with Gasteiger partial charge in [0.05, 0.1) is 10.1 Å². The van der Waals surface area contributed by atoms with Gasteiger partial charge in [-0.25, -0.2) is 8.42 Å². The summed E-state index contributed by atoms with van der Waals surface area (Å²) in [4.78, 5) is 0. The van der Waals surface area contributed by atoms with E-state index in [0.29, 0.717) is 11.4 Å². The topological polar surface area (TPSA) is 34.1 Å². The lowest BCUT2D eigenvalue weighted by atomic mass is 10.0. The maximum atomic E-state index is 11.7. The number of sulfone groups is 1. The van der Waals surface area contributed by atoms with Crippen LogP contribution < -0.4 is 0 Å². The zero-order valence-electron chi connectivity index (χ0n) is 10.1. The van der Waals surface area contributed by atoms with Crippen molar-refractivity contribution in [1.29, 1.82) is 0 Å². The first kappa shape index (κ1) is 14.8. The van der Waals surface area contributed by atoms with Crippen LogP contribution in [0.3, 0.4) is 0 Å². The highest BCUT2D eigenvalue weighted by Crippen LogP contribution is 2.29. The standard InChI is InChI=1S/C12H16Cl2O2S/c1-12(2,17(3,15)16)11(14)8-9-6-4-5-7-10(9)13/h4-7,11H,8H2,1-3H3. The molecule has 0 amide bonds. The Morgan fingerprint density at radius 1 is 1.29 bits per heavy atom. The number of hydrogen-bond donors (Lipinski definition) is 0. The molecular weight excluding hydrogens is 279 g/mol. The van der Waals surface area contributed by atoms with Crippen molar-refractivity contribution in [2.45, 2.75) is 30.4 Å². The van der Waals surface area contributed by atoms with E-state index in [1.165, 1.54) is 6.26 Å². The van der Waals surface area contributed by atoms with Crippen LogP contribution in [-0.2, 0) is 16.3 Å². The molecule has 1 rings (SSSR count). The Bertz CT molecular complexity index is 495. The monoisotopic (exact) mass is 294 g/mol. The quantitative estimate of drug-likeness (QED) is 0.799. The van der Waals surface area contributed by atoms with Crippen molar-refractivity contribution >= 4 is 33.0 Å². The minimum Gasteiger partial charge on any atom is -0.229 e. The van der Waals surface area contributed by atoms with Gasteiger partial charge in [0.2, 0.25) is 0 Å². The van der Waals surface area contributed by atoms with Crippen LogP contribution in [-0.4, -0.2) is 24.8 Å². The molecule has 0 radical (unpaired) electrons. The molecule has 0 aromatic heterocycles. The summed E-state index contributed by atoms with van der Waals surface area (Å²) in [7, 11) is -3.21. The lowest BCUT2D eigenvalue weighted by Crippen LogP contribution is -2.41. The molecule has 1 aromatic rings. The molecule has 0 aliphatic heterocycles. The van der Waals surface area contributed by atoms with E-state index in [2.05, 4.69) is 0 Å². The van der Waals surface area contributed by atoms with Crippen molar-refractivity contribution in [1.82, 2.24) is 0 Å². The Balaban J connectivity index is 2.95. The van der Waals surface area contributed by atoms with Crippen molar-refractivity contribution in [2.24, 2.45) is 0 Å². The Morgan fingerprint density at radius 3 is 2.29 bits per heavy atom. The van der Waals surface area contributed by atoms with E-state index in [4.69, 9.17) is 23.2 Å². The number of hydrogen-bond acceptors (Lipinski definition) is 2. The van der Waals surface area contributed by atoms with Crippen molar-refractivity contribution in [3.05, 3.63) is 34.9 Å². The van der Waals surface area contributed by atoms with Crippen LogP contribution in [0.4, 0.5) is 0 Å². The molecule has 2 nitrogen and oxygen atoms in total. The number of benzene rings is 1. The third kappa shape index (κ3) is 3.36. The van der Waals surface area contributed by atoms with E-state index < -0.39 is 20.0 Å². The summed E-state index contributed by atoms with van der Waals surface area (Å²) in [5, 5.41) is 0.0971. The molecule has 0 spiro atoms. The molecule has 0 bridgehead atoms. The third-order valence-electron chi connectivity index (χ3n) is 3.07. The smallest absolute Gasteiger partial charge is 0.154 e. The normalized spacial score (nSPS) is 14.6. The molecule has 1 atom stereocenters. The summed E-state index contributed by atoms with van der Waals surface area (Å²) in [5.41, 5.74) is 0.867. The molecule has 0 saturated carbocycles. The van der Waals surface area contributed by atoms with Gasteiger partial charge < -0.3 is 0 Å². The molecule has 1 aromatic carbocycles. The van der Waals surface area contributed by atoms with E-state index in [9.17, 15) is 8.42 Å². The number of rotatable bonds is 4. The van der Waals surface area contributed by atoms with Crippen LogP contribution in [0, 0.1) is 0 Å². The zero-order valence-corrected chi connectivity index (χ0v) is 12.4. The van der Waals surface area contributed by atoms with Gasteiger partial charge in [0.15, 0.2) is 9.84 Å². The van der Waals surface area contributed by atoms with Crippen LogP contribution in [0.5, 0.6) is 0 Å². The highest BCUT2D eigenvalue weighted by molar-refractivity contribution is 7.92. The second-order valence-electron chi connectivity index (χ2n) is 4.64. The van der Waals surface area contributed by atoms with Gasteiger partial charge in [-0.05, 0) is 31.9 Å². The first-order chi connectivity index (χ1) is 7.66. The first-order valence-corrected chi connectivity index (χ1v) is 7.94. The lowest BCUT2D eigenvalue weighted by molar-refractivity contribution is 0.536. The molecule has 96 valence electrons. The summed E-state index contributed by atoms with van der Waals surface area (Å²) in [6.45, 7) is 3.27. The lowest BCUT2D eigenvalue weighted by Gasteiger charge is -2.28. The fourth-order valence-electron chi connectivity index (χ4n) is 1.34. The van der Waals surface area contributed by atoms with Crippen molar-refractivity contribution in [3.8, 4) is 0 Å². The van der Waals surface area contributed by atoms with Crippen LogP contribution in [0.2, 0.25) is 5.02 Å². The van der Waals surface area contributed by atoms with Gasteiger partial charge in [0.25, 0.3) is 0 Å². The van der Waals surface area contributed by atoms with Gasteiger partial charge in [0.1, 0.15) is 0 Å². The molecular formula is C12H16Cl2O2S. The third-order valence-corrected chi connectivity index (χ3v) is 6.46. The van der Waals surface area contributed by atoms with Crippen LogP contribution in [0.15, 0.2) is 24.3 Å². The largest absolute Gasteiger partial charge is 0.229 e. The van der Waals surface area contributed by atoms with E-state index in [0.717, 1.165) is 5.56 Å². The van der Waals surface area contributed by atoms with E-state index in [1.54, 1.807) is 19.9 Å². The van der Waals surface area contributed by atoms with E-state index in [1.807, 2.05) is 18.2 Å². The molecule has 0 N–H and O–H groups in total. The summed E-state index contributed by atoms with van der Waals surface area (Å²) >= 11 is 12.3. The Kier molecular flexibility index (Phi) is 4.50. The van der Waals surface area contributed by atoms with Crippen molar-refractivity contribution in [3.63, 3.8) is 0 Å². The van der Waals surface area contributed by atoms with Gasteiger partial charge >= 0.3 is 0 Å². The summed E-state index contributed by atoms with van der Waals surface area (Å²) in [6, 6.07) is 7.32. The molecule has 5 heteroatoms. The second-order valence-corrected chi connectivity index (χ2v) is 8.17. The number of halogens is 2. The maximum absolute atomic E-state index is 11.7. The van der Waals surface area contributed by atoms with Gasteiger partial charge in [-0.3, -0.25) is 0 Å². The van der Waals surface area contributed by atoms with Gasteiger partial charge in [-0.15, -0.1) is 11.6 Å². The SMILES string of the molecule is CC(C)(C(Cl)Cc1ccccc1Cl)S(C)(=O)=O. The minimum absolute atomic E-state index is 0.432. The fraction of sp³-hybridized carbons (Fsp3) is 0.500. The Labute approximate surface area is 113 Å². The first-order valence-electron chi connectivity index (χ1n) is 5.23. The van der Waals surface area contributed by atoms with Gasteiger partial charge in [0, 0.05) is 11.3 Å². The highest BCUT2D eigenvalue weighted by atomic mass is 35.5. The van der Waals surface area contributed by atoms with E-state index >= 15 is 0 Å². The van der Waals surface area contributed by atoms with Gasteiger partial charge in [-0.1, -0.05) is 29.8 Å². The predicted octanol–water partition coefficient (Wildman–Crippen LogP) is 3.31. The molecule has 1 unspecified atom stereocenters. The predicted molar refractivity (Wildman–Crippen MR) is 73.7 cm³/mol. The summed E-state index contributed by atoms with van der Waals surface area (Å²) in [6.07, 6.45) is 1.64. The minimum atomic E-state index is -3.21. The van der Waals surface area contributed by atoms with Gasteiger partial charge in [-0.2, -0.15) is 0 Å². The zero-order chi connectivity index (χ0) is 13.3. The van der Waals surface area contributed by atoms with Crippen molar-refractivity contribution in [2.75, 3.05) is 6.26 Å². The van der Waals surface area contributed by atoms with Crippen LogP contribution in [0.25, 0.3) is 0 Å². The van der Waals surface area contributed by atoms with Crippen LogP contribution in [0.1, 0.15) is 19.4 Å². The average Bonchev–Trinajstić information content (AvgIpc) is 2.19. The second kappa shape index (κ2) is 5.17.